The van der Waals surface area contributed by atoms with E-state index in [1.807, 2.05) is 30.3 Å². The second-order valence-corrected chi connectivity index (χ2v) is 3.66. The van der Waals surface area contributed by atoms with E-state index >= 15 is 0 Å². The number of carbonyl (C=O) groups is 1. The first-order valence-electron chi connectivity index (χ1n) is 5.33. The maximum atomic E-state index is 10.4. The standard InChI is InChI=1S/C12H17NO3/c13-10(9-12(14)15)5-4-8-16-11-6-2-1-3-7-11/h1-3,6-7,10H,4-5,8-9,13H2,(H,14,15). The molecule has 0 saturated heterocycles. The van der Waals surface area contributed by atoms with Crippen molar-refractivity contribution < 1.29 is 14.6 Å². The number of benzene rings is 1. The molecule has 16 heavy (non-hydrogen) atoms. The molecule has 0 heterocycles. The van der Waals surface area contributed by atoms with Gasteiger partial charge in [-0.2, -0.15) is 0 Å². The van der Waals surface area contributed by atoms with Crippen LogP contribution in [0.3, 0.4) is 0 Å². The molecule has 4 heteroatoms. The molecule has 1 rings (SSSR count). The molecule has 4 nitrogen and oxygen atoms in total. The summed E-state index contributed by atoms with van der Waals surface area (Å²) in [5, 5.41) is 8.51. The van der Waals surface area contributed by atoms with Crippen molar-refractivity contribution in [2.45, 2.75) is 25.3 Å². The maximum absolute atomic E-state index is 10.4. The van der Waals surface area contributed by atoms with Crippen LogP contribution in [0.4, 0.5) is 0 Å². The van der Waals surface area contributed by atoms with E-state index in [-0.39, 0.29) is 12.5 Å². The molecule has 0 amide bonds. The molecule has 1 aromatic rings. The lowest BCUT2D eigenvalue weighted by Gasteiger charge is -2.09. The number of para-hydroxylation sites is 1. The van der Waals surface area contributed by atoms with Crippen LogP contribution in [0.2, 0.25) is 0 Å². The van der Waals surface area contributed by atoms with Gasteiger partial charge in [0.25, 0.3) is 0 Å². The number of rotatable bonds is 7. The molecule has 0 bridgehead atoms. The minimum Gasteiger partial charge on any atom is -0.494 e. The Morgan fingerprint density at radius 3 is 2.69 bits per heavy atom. The third-order valence-electron chi connectivity index (χ3n) is 2.17. The first-order chi connectivity index (χ1) is 7.68. The molecule has 0 aliphatic heterocycles. The predicted octanol–water partition coefficient (Wildman–Crippen LogP) is 1.65. The van der Waals surface area contributed by atoms with Gasteiger partial charge >= 0.3 is 5.97 Å². The van der Waals surface area contributed by atoms with Crippen molar-refractivity contribution in [1.82, 2.24) is 0 Å². The van der Waals surface area contributed by atoms with Gasteiger partial charge in [0.2, 0.25) is 0 Å². The fourth-order valence-corrected chi connectivity index (χ4v) is 1.38. The third-order valence-corrected chi connectivity index (χ3v) is 2.17. The van der Waals surface area contributed by atoms with E-state index in [2.05, 4.69) is 0 Å². The van der Waals surface area contributed by atoms with Crippen molar-refractivity contribution in [3.63, 3.8) is 0 Å². The fraction of sp³-hybridized carbons (Fsp3) is 0.417. The van der Waals surface area contributed by atoms with Crippen molar-refractivity contribution in [3.05, 3.63) is 30.3 Å². The van der Waals surface area contributed by atoms with E-state index in [9.17, 15) is 4.79 Å². The van der Waals surface area contributed by atoms with E-state index < -0.39 is 5.97 Å². The molecule has 3 N–H and O–H groups in total. The van der Waals surface area contributed by atoms with Crippen LogP contribution in [0.5, 0.6) is 5.75 Å². The summed E-state index contributed by atoms with van der Waals surface area (Å²) in [5.41, 5.74) is 5.62. The molecule has 1 atom stereocenters. The molecule has 0 fully saturated rings. The van der Waals surface area contributed by atoms with Crippen LogP contribution < -0.4 is 10.5 Å². The second-order valence-electron chi connectivity index (χ2n) is 3.66. The zero-order chi connectivity index (χ0) is 11.8. The molecular weight excluding hydrogens is 206 g/mol. The topological polar surface area (TPSA) is 72.5 Å². The summed E-state index contributed by atoms with van der Waals surface area (Å²) >= 11 is 0. The normalized spacial score (nSPS) is 12.1. The Kier molecular flexibility index (Phi) is 5.36. The van der Waals surface area contributed by atoms with E-state index in [0.717, 1.165) is 12.2 Å². The van der Waals surface area contributed by atoms with Gasteiger partial charge in [-0.3, -0.25) is 4.79 Å². The minimum atomic E-state index is -0.850. The van der Waals surface area contributed by atoms with Crippen LogP contribution >= 0.6 is 0 Å². The Morgan fingerprint density at radius 2 is 2.06 bits per heavy atom. The van der Waals surface area contributed by atoms with Crippen molar-refractivity contribution in [3.8, 4) is 5.75 Å². The molecule has 0 aliphatic carbocycles. The van der Waals surface area contributed by atoms with Crippen LogP contribution in [0, 0.1) is 0 Å². The van der Waals surface area contributed by atoms with Gasteiger partial charge in [-0.05, 0) is 25.0 Å². The van der Waals surface area contributed by atoms with Gasteiger partial charge in [0.15, 0.2) is 0 Å². The lowest BCUT2D eigenvalue weighted by Crippen LogP contribution is -2.24. The summed E-state index contributed by atoms with van der Waals surface area (Å²) in [6, 6.07) is 9.23. The summed E-state index contributed by atoms with van der Waals surface area (Å²) in [5.74, 6) is -0.0224. The number of hydrogen-bond acceptors (Lipinski definition) is 3. The van der Waals surface area contributed by atoms with Crippen molar-refractivity contribution in [2.75, 3.05) is 6.61 Å². The minimum absolute atomic E-state index is 0.0192. The lowest BCUT2D eigenvalue weighted by molar-refractivity contribution is -0.137. The van der Waals surface area contributed by atoms with Gasteiger partial charge in [0, 0.05) is 6.04 Å². The van der Waals surface area contributed by atoms with E-state index in [1.54, 1.807) is 0 Å². The van der Waals surface area contributed by atoms with Crippen molar-refractivity contribution >= 4 is 5.97 Å². The highest BCUT2D eigenvalue weighted by molar-refractivity contribution is 5.67. The highest BCUT2D eigenvalue weighted by Gasteiger charge is 2.07. The number of ether oxygens (including phenoxy) is 1. The SMILES string of the molecule is NC(CCCOc1ccccc1)CC(=O)O. The van der Waals surface area contributed by atoms with E-state index in [0.29, 0.717) is 13.0 Å². The summed E-state index contributed by atoms with van der Waals surface area (Å²) in [6.07, 6.45) is 1.45. The summed E-state index contributed by atoms with van der Waals surface area (Å²) < 4.78 is 5.46. The number of aliphatic carboxylic acids is 1. The van der Waals surface area contributed by atoms with E-state index in [4.69, 9.17) is 15.6 Å². The van der Waals surface area contributed by atoms with Crippen LogP contribution in [0.15, 0.2) is 30.3 Å². The van der Waals surface area contributed by atoms with Crippen LogP contribution in [-0.2, 0) is 4.79 Å². The molecule has 0 radical (unpaired) electrons. The highest BCUT2D eigenvalue weighted by atomic mass is 16.5. The Hall–Kier alpha value is -1.55. The van der Waals surface area contributed by atoms with Crippen molar-refractivity contribution in [1.29, 1.82) is 0 Å². The molecule has 88 valence electrons. The fourth-order valence-electron chi connectivity index (χ4n) is 1.38. The van der Waals surface area contributed by atoms with Gasteiger partial charge in [-0.1, -0.05) is 18.2 Å². The predicted molar refractivity (Wildman–Crippen MR) is 61.4 cm³/mol. The summed E-state index contributed by atoms with van der Waals surface area (Å²) in [6.45, 7) is 0.567. The smallest absolute Gasteiger partial charge is 0.304 e. The van der Waals surface area contributed by atoms with Crippen LogP contribution in [-0.4, -0.2) is 23.7 Å². The molecule has 1 aromatic carbocycles. The average Bonchev–Trinajstić information content (AvgIpc) is 2.25. The lowest BCUT2D eigenvalue weighted by atomic mass is 10.1. The number of carboxylic acids is 1. The summed E-state index contributed by atoms with van der Waals surface area (Å²) in [4.78, 5) is 10.4. The Balaban J connectivity index is 2.10. The second kappa shape index (κ2) is 6.85. The van der Waals surface area contributed by atoms with Crippen LogP contribution in [0.25, 0.3) is 0 Å². The quantitative estimate of drug-likeness (QED) is 0.689. The number of carboxylic acid groups (broad SMARTS) is 1. The van der Waals surface area contributed by atoms with Gasteiger partial charge in [-0.15, -0.1) is 0 Å². The molecule has 0 aromatic heterocycles. The Morgan fingerprint density at radius 1 is 1.38 bits per heavy atom. The third kappa shape index (κ3) is 5.36. The Bertz CT molecular complexity index is 313. The van der Waals surface area contributed by atoms with Crippen LogP contribution in [0.1, 0.15) is 19.3 Å². The van der Waals surface area contributed by atoms with Gasteiger partial charge in [-0.25, -0.2) is 0 Å². The average molecular weight is 223 g/mol. The highest BCUT2D eigenvalue weighted by Crippen LogP contribution is 2.09. The first kappa shape index (κ1) is 12.5. The molecule has 1 unspecified atom stereocenters. The van der Waals surface area contributed by atoms with E-state index in [1.165, 1.54) is 0 Å². The molecule has 0 aliphatic rings. The zero-order valence-electron chi connectivity index (χ0n) is 9.13. The van der Waals surface area contributed by atoms with Crippen molar-refractivity contribution in [2.24, 2.45) is 5.73 Å². The number of nitrogens with two attached hydrogens (primary N) is 1. The zero-order valence-corrected chi connectivity index (χ0v) is 9.13. The molecule has 0 spiro atoms. The summed E-state index contributed by atoms with van der Waals surface area (Å²) in [7, 11) is 0. The monoisotopic (exact) mass is 223 g/mol. The number of hydrogen-bond donors (Lipinski definition) is 2. The molecule has 0 saturated carbocycles. The largest absolute Gasteiger partial charge is 0.494 e. The van der Waals surface area contributed by atoms with Gasteiger partial charge in [0.1, 0.15) is 5.75 Å². The maximum Gasteiger partial charge on any atom is 0.304 e. The van der Waals surface area contributed by atoms with Gasteiger partial charge in [0.05, 0.1) is 13.0 Å². The Labute approximate surface area is 95.0 Å². The first-order valence-corrected chi connectivity index (χ1v) is 5.33. The van der Waals surface area contributed by atoms with Gasteiger partial charge < -0.3 is 15.6 Å². The molecular formula is C12H17NO3.